The van der Waals surface area contributed by atoms with Crippen LogP contribution in [0.4, 0.5) is 5.82 Å². The molecule has 0 bridgehead atoms. The molecule has 2 unspecified atom stereocenters. The third-order valence-electron chi connectivity index (χ3n) is 6.71. The molecule has 2 aliphatic heterocycles. The molecule has 2 saturated heterocycles. The van der Waals surface area contributed by atoms with Gasteiger partial charge in [0.1, 0.15) is 47.9 Å². The molecule has 240 valence electrons. The van der Waals surface area contributed by atoms with Crippen LogP contribution in [0.1, 0.15) is 22.8 Å². The number of fused-ring (bicyclic) bond motifs is 1. The number of aliphatic hydroxyl groups excluding tert-OH is 4. The average molecular weight is 665 g/mol. The Hall–Kier alpha value is -3.01. The lowest BCUT2D eigenvalue weighted by Crippen LogP contribution is -2.46. The van der Waals surface area contributed by atoms with Crippen LogP contribution >= 0.6 is 15.6 Å². The predicted molar refractivity (Wildman–Crippen MR) is 138 cm³/mol. The first-order valence-corrected chi connectivity index (χ1v) is 15.5. The second-order valence-electron chi connectivity index (χ2n) is 9.63. The molecule has 0 saturated carbocycles. The highest BCUT2D eigenvalue weighted by Gasteiger charge is 2.50. The molecule has 21 nitrogen and oxygen atoms in total. The first-order valence-electron chi connectivity index (χ1n) is 12.5. The molecule has 3 aromatic heterocycles. The molecular formula is C21H27N6O15P2+. The van der Waals surface area contributed by atoms with E-state index in [0.717, 1.165) is 17.1 Å². The van der Waals surface area contributed by atoms with Gasteiger partial charge in [-0.2, -0.15) is 8.88 Å². The highest BCUT2D eigenvalue weighted by Crippen LogP contribution is 2.60. The van der Waals surface area contributed by atoms with E-state index in [4.69, 9.17) is 24.8 Å². The van der Waals surface area contributed by atoms with Gasteiger partial charge in [0.25, 0.3) is 6.23 Å². The van der Waals surface area contributed by atoms with Crippen LogP contribution in [0.5, 0.6) is 0 Å². The van der Waals surface area contributed by atoms with E-state index in [0.29, 0.717) is 0 Å². The van der Waals surface area contributed by atoms with Gasteiger partial charge in [0, 0.05) is 6.07 Å². The van der Waals surface area contributed by atoms with Crippen molar-refractivity contribution in [3.05, 3.63) is 42.7 Å². The van der Waals surface area contributed by atoms with E-state index < -0.39 is 83.9 Å². The number of hydrogen-bond donors (Lipinski definition) is 8. The molecule has 0 spiro atoms. The lowest BCUT2D eigenvalue weighted by Gasteiger charge is -2.20. The fourth-order valence-corrected chi connectivity index (χ4v) is 6.65. The number of aliphatic hydroxyl groups is 4. The number of rotatable bonds is 11. The molecule has 2 fully saturated rings. The maximum atomic E-state index is 12.4. The Kier molecular flexibility index (Phi) is 9.13. The summed E-state index contributed by atoms with van der Waals surface area (Å²) in [6.07, 6.45) is -7.22. The van der Waals surface area contributed by atoms with Gasteiger partial charge in [-0.05, 0) is 6.07 Å². The second-order valence-corrected chi connectivity index (χ2v) is 12.7. The molecule has 5 rings (SSSR count). The van der Waals surface area contributed by atoms with Crippen molar-refractivity contribution >= 4 is 38.6 Å². The molecule has 0 amide bonds. The summed E-state index contributed by atoms with van der Waals surface area (Å²) in [5.74, 6) is -1.22. The molecule has 23 heteroatoms. The maximum absolute atomic E-state index is 12.4. The molecule has 3 aromatic rings. The highest BCUT2D eigenvalue weighted by atomic mass is 31.3. The zero-order chi connectivity index (χ0) is 32.0. The number of aromatic carboxylic acids is 1. The number of carboxylic acids is 1. The highest BCUT2D eigenvalue weighted by molar-refractivity contribution is 7.61. The Morgan fingerprint density at radius 3 is 2.27 bits per heavy atom. The Morgan fingerprint density at radius 1 is 0.977 bits per heavy atom. The minimum Gasteiger partial charge on any atom is -0.477 e. The van der Waals surface area contributed by atoms with Gasteiger partial charge in [-0.15, -0.1) is 0 Å². The van der Waals surface area contributed by atoms with Crippen LogP contribution in [-0.4, -0.2) is 111 Å². The largest absolute Gasteiger partial charge is 0.481 e. The Bertz CT molecular complexity index is 1630. The number of nitrogens with two attached hydrogens (primary N) is 1. The van der Waals surface area contributed by atoms with Crippen LogP contribution in [0.25, 0.3) is 11.2 Å². The minimum absolute atomic E-state index is 0.0464. The van der Waals surface area contributed by atoms with E-state index in [1.807, 2.05) is 0 Å². The number of phosphoric acid groups is 2. The van der Waals surface area contributed by atoms with Crippen LogP contribution in [0, 0.1) is 0 Å². The summed E-state index contributed by atoms with van der Waals surface area (Å²) in [6, 6.07) is 2.63. The van der Waals surface area contributed by atoms with Crippen molar-refractivity contribution < 1.29 is 76.6 Å². The van der Waals surface area contributed by atoms with E-state index in [9.17, 15) is 44.1 Å². The van der Waals surface area contributed by atoms with Gasteiger partial charge in [0.2, 0.25) is 0 Å². The molecule has 0 aromatic carbocycles. The minimum atomic E-state index is -5.38. The van der Waals surface area contributed by atoms with Gasteiger partial charge >= 0.3 is 21.6 Å². The van der Waals surface area contributed by atoms with Gasteiger partial charge in [-0.1, -0.05) is 0 Å². The number of nitrogen functional groups attached to an aromatic ring is 1. The van der Waals surface area contributed by atoms with Gasteiger partial charge in [0.05, 0.1) is 19.5 Å². The SMILES string of the molecule is Nc1ncnc2c1ncn2[C@H]1O[C@H](COP(=O)(O)OP(=O)(O)OC[C@H]2O[C@@H]([n+]3cccc(C(=O)O)c3)[C@H](O)[C@@H]2O)[C@H](O)[C@@H]1O. The maximum Gasteiger partial charge on any atom is 0.481 e. The summed E-state index contributed by atoms with van der Waals surface area (Å²) in [6.45, 7) is -1.83. The fraction of sp³-hybridized carbons (Fsp3) is 0.476. The van der Waals surface area contributed by atoms with Crippen LogP contribution in [0.15, 0.2) is 37.2 Å². The average Bonchev–Trinajstić information content (AvgIpc) is 3.61. The summed E-state index contributed by atoms with van der Waals surface area (Å²) in [7, 11) is -10.8. The first-order chi connectivity index (χ1) is 20.7. The van der Waals surface area contributed by atoms with E-state index in [1.165, 1.54) is 29.2 Å². The Balaban J connectivity index is 1.16. The topological polar surface area (TPSA) is 312 Å². The van der Waals surface area contributed by atoms with Gasteiger partial charge < -0.3 is 50.5 Å². The van der Waals surface area contributed by atoms with Crippen molar-refractivity contribution in [2.24, 2.45) is 0 Å². The molecular weight excluding hydrogens is 638 g/mol. The van der Waals surface area contributed by atoms with E-state index >= 15 is 0 Å². The molecule has 0 aliphatic carbocycles. The lowest BCUT2D eigenvalue weighted by molar-refractivity contribution is -0.765. The van der Waals surface area contributed by atoms with Crippen molar-refractivity contribution in [2.45, 2.75) is 49.1 Å². The number of aromatic nitrogens is 5. The molecule has 0 radical (unpaired) electrons. The quantitative estimate of drug-likeness (QED) is 0.0780. The molecule has 5 heterocycles. The number of carboxylic acid groups (broad SMARTS) is 1. The van der Waals surface area contributed by atoms with Crippen molar-refractivity contribution in [1.82, 2.24) is 19.5 Å². The summed E-state index contributed by atoms with van der Waals surface area (Å²) in [5, 5.41) is 50.7. The first kappa shape index (κ1) is 32.4. The monoisotopic (exact) mass is 665 g/mol. The number of ether oxygens (including phenoxy) is 2. The third-order valence-corrected chi connectivity index (χ3v) is 9.31. The van der Waals surface area contributed by atoms with E-state index in [1.54, 1.807) is 0 Å². The van der Waals surface area contributed by atoms with Gasteiger partial charge in [-0.3, -0.25) is 13.6 Å². The predicted octanol–water partition coefficient (Wildman–Crippen LogP) is -2.42. The van der Waals surface area contributed by atoms with Crippen LogP contribution in [0.2, 0.25) is 0 Å². The van der Waals surface area contributed by atoms with Crippen LogP contribution in [-0.2, 0) is 32.0 Å². The summed E-state index contributed by atoms with van der Waals surface area (Å²) < 4.78 is 51.8. The van der Waals surface area contributed by atoms with Crippen LogP contribution in [0.3, 0.4) is 0 Å². The summed E-state index contributed by atoms with van der Waals surface area (Å²) in [4.78, 5) is 43.1. The fourth-order valence-electron chi connectivity index (χ4n) is 4.56. The Morgan fingerprint density at radius 2 is 1.61 bits per heavy atom. The summed E-state index contributed by atoms with van der Waals surface area (Å²) in [5.41, 5.74) is 5.94. The van der Waals surface area contributed by atoms with E-state index in [2.05, 4.69) is 23.8 Å². The number of nitrogens with zero attached hydrogens (tertiary/aromatic N) is 5. The number of carbonyl (C=O) groups is 1. The van der Waals surface area contributed by atoms with Crippen molar-refractivity contribution in [1.29, 1.82) is 0 Å². The second kappa shape index (κ2) is 12.4. The van der Waals surface area contributed by atoms with Crippen molar-refractivity contribution in [3.63, 3.8) is 0 Å². The Labute approximate surface area is 245 Å². The molecule has 10 atom stereocenters. The standard InChI is InChI=1S/C21H26N6O15P2/c22-17-12-18(24-7-23-17)27(8-25-12)20-16(31)14(29)11(41-20)6-39-44(36,37)42-43(34,35)38-5-10-13(28)15(30)19(40-10)26-3-1-2-9(4-26)21(32)33/h1-4,7-8,10-11,13-16,19-20,28-31H,5-6H2,(H4-,22,23,24,32,33,34,35,36,37)/p+1/t10-,11-,13-,14+,15-,16+,19-,20+/m1/s1. The normalized spacial score (nSPS) is 31.6. The van der Waals surface area contributed by atoms with Crippen molar-refractivity contribution in [2.75, 3.05) is 18.9 Å². The number of imidazole rings is 1. The lowest BCUT2D eigenvalue weighted by atomic mass is 10.1. The van der Waals surface area contributed by atoms with E-state index in [-0.39, 0.29) is 22.5 Å². The smallest absolute Gasteiger partial charge is 0.477 e. The summed E-state index contributed by atoms with van der Waals surface area (Å²) >= 11 is 0. The number of anilines is 1. The number of phosphoric ester groups is 2. The number of pyridine rings is 1. The zero-order valence-corrected chi connectivity index (χ0v) is 23.9. The van der Waals surface area contributed by atoms with Gasteiger partial charge in [-0.25, -0.2) is 28.9 Å². The molecule has 2 aliphatic rings. The number of hydrogen-bond acceptors (Lipinski definition) is 16. The molecule has 44 heavy (non-hydrogen) atoms. The van der Waals surface area contributed by atoms with Crippen molar-refractivity contribution in [3.8, 4) is 0 Å². The van der Waals surface area contributed by atoms with Gasteiger partial charge in [0.15, 0.2) is 36.2 Å². The molecule has 9 N–H and O–H groups in total. The van der Waals surface area contributed by atoms with Crippen LogP contribution < -0.4 is 10.3 Å². The zero-order valence-electron chi connectivity index (χ0n) is 22.1. The third kappa shape index (κ3) is 6.65.